The number of hydrogen-bond donors (Lipinski definition) is 0. The van der Waals surface area contributed by atoms with E-state index >= 15 is 4.39 Å². The van der Waals surface area contributed by atoms with E-state index in [1.54, 1.807) is 24.3 Å². The fraction of sp³-hybridized carbons (Fsp3) is 0.600. The molecule has 1 aliphatic carbocycles. The Kier molecular flexibility index (Phi) is 9.69. The molecule has 2 aromatic carbocycles. The number of benzene rings is 2. The molecule has 0 bridgehead atoms. The third kappa shape index (κ3) is 6.68. The van der Waals surface area contributed by atoms with Crippen molar-refractivity contribution in [3.05, 3.63) is 53.3 Å². The maximum absolute atomic E-state index is 15.4. The fourth-order valence-corrected chi connectivity index (χ4v) is 5.75. The van der Waals surface area contributed by atoms with Gasteiger partial charge in [-0.3, -0.25) is 0 Å². The van der Waals surface area contributed by atoms with E-state index in [1.165, 1.54) is 12.1 Å². The van der Waals surface area contributed by atoms with Crippen LogP contribution in [0.5, 0.6) is 5.75 Å². The van der Waals surface area contributed by atoms with E-state index in [9.17, 15) is 17.6 Å². The molecule has 2 atom stereocenters. The predicted molar refractivity (Wildman–Crippen MR) is 136 cm³/mol. The molecule has 3 nitrogen and oxygen atoms in total. The molecule has 2 unspecified atom stereocenters. The number of halogens is 5. The zero-order chi connectivity index (χ0) is 27.3. The minimum absolute atomic E-state index is 0.0353. The molecule has 1 saturated heterocycles. The molecule has 2 aromatic rings. The van der Waals surface area contributed by atoms with E-state index < -0.39 is 42.0 Å². The largest absolute Gasteiger partial charge is 0.494 e. The summed E-state index contributed by atoms with van der Waals surface area (Å²) >= 11 is 0. The summed E-state index contributed by atoms with van der Waals surface area (Å²) in [5.41, 5.74) is -0.248. The number of ether oxygens (including phenoxy) is 3. The Hall–Kier alpha value is -2.19. The van der Waals surface area contributed by atoms with Gasteiger partial charge >= 0.3 is 6.11 Å². The number of rotatable bonds is 10. The molecule has 2 fully saturated rings. The van der Waals surface area contributed by atoms with Crippen LogP contribution in [-0.2, 0) is 9.47 Å². The molecule has 210 valence electrons. The molecule has 0 radical (unpaired) electrons. The second kappa shape index (κ2) is 12.8. The molecule has 1 saturated carbocycles. The van der Waals surface area contributed by atoms with Crippen LogP contribution in [0.15, 0.2) is 36.4 Å². The van der Waals surface area contributed by atoms with Crippen molar-refractivity contribution in [2.45, 2.75) is 90.0 Å². The predicted octanol–water partition coefficient (Wildman–Crippen LogP) is 9.26. The Bertz CT molecular complexity index is 1030. The van der Waals surface area contributed by atoms with Gasteiger partial charge in [-0.1, -0.05) is 44.0 Å². The van der Waals surface area contributed by atoms with Crippen LogP contribution in [-0.4, -0.2) is 25.4 Å². The fourth-order valence-electron chi connectivity index (χ4n) is 5.75. The van der Waals surface area contributed by atoms with Gasteiger partial charge in [0.25, 0.3) is 6.43 Å². The number of hydrogen-bond acceptors (Lipinski definition) is 3. The van der Waals surface area contributed by atoms with Gasteiger partial charge in [0, 0.05) is 5.56 Å². The summed E-state index contributed by atoms with van der Waals surface area (Å²) in [4.78, 5) is 0. The lowest BCUT2D eigenvalue weighted by Gasteiger charge is -2.37. The van der Waals surface area contributed by atoms with E-state index in [4.69, 9.17) is 14.2 Å². The van der Waals surface area contributed by atoms with Crippen LogP contribution >= 0.6 is 0 Å². The van der Waals surface area contributed by atoms with E-state index in [-0.39, 0.29) is 30.6 Å². The van der Waals surface area contributed by atoms with Crippen LogP contribution in [0.3, 0.4) is 0 Å². The topological polar surface area (TPSA) is 27.7 Å². The molecular weight excluding hydrogens is 503 g/mol. The minimum atomic E-state index is -3.35. The first-order chi connectivity index (χ1) is 18.2. The van der Waals surface area contributed by atoms with Gasteiger partial charge < -0.3 is 14.2 Å². The molecule has 1 aliphatic heterocycles. The lowest BCUT2D eigenvalue weighted by Crippen LogP contribution is -2.41. The molecular formula is C30H37F5O3. The second-order valence-corrected chi connectivity index (χ2v) is 10.4. The Labute approximate surface area is 221 Å². The monoisotopic (exact) mass is 540 g/mol. The summed E-state index contributed by atoms with van der Waals surface area (Å²) in [5.74, 6) is -1.04. The van der Waals surface area contributed by atoms with Gasteiger partial charge in [0.05, 0.1) is 36.9 Å². The third-order valence-corrected chi connectivity index (χ3v) is 7.82. The van der Waals surface area contributed by atoms with Crippen LogP contribution in [0.1, 0.15) is 88.9 Å². The van der Waals surface area contributed by atoms with Crippen LogP contribution in [0.4, 0.5) is 22.0 Å². The van der Waals surface area contributed by atoms with E-state index in [0.29, 0.717) is 36.7 Å². The van der Waals surface area contributed by atoms with Gasteiger partial charge in [-0.25, -0.2) is 13.2 Å². The first-order valence-corrected chi connectivity index (χ1v) is 13.7. The molecule has 4 rings (SSSR count). The zero-order valence-electron chi connectivity index (χ0n) is 22.0. The summed E-state index contributed by atoms with van der Waals surface area (Å²) < 4.78 is 89.6. The van der Waals surface area contributed by atoms with E-state index in [2.05, 4.69) is 6.92 Å². The Morgan fingerprint density at radius 1 is 0.947 bits per heavy atom. The standard InChI is InChI=1S/C30H37F5O3/c1-3-5-19-6-11-23(12-7-19)38-30(34,35)21-10-17-26(37-18-21)25-16-15-24(27(28(25)31)29(32)33)20-8-13-22(14-9-20)36-4-2/h8-9,13-16,19,21,23,26,29H,3-7,10-12,17-18H2,1-2H3. The lowest BCUT2D eigenvalue weighted by atomic mass is 9.84. The average molecular weight is 541 g/mol. The van der Waals surface area contributed by atoms with E-state index in [1.807, 2.05) is 6.92 Å². The van der Waals surface area contributed by atoms with E-state index in [0.717, 1.165) is 25.7 Å². The van der Waals surface area contributed by atoms with Crippen LogP contribution in [0.25, 0.3) is 11.1 Å². The van der Waals surface area contributed by atoms with Crippen LogP contribution in [0, 0.1) is 17.7 Å². The first-order valence-electron chi connectivity index (χ1n) is 13.7. The van der Waals surface area contributed by atoms with Crippen molar-refractivity contribution in [2.24, 2.45) is 11.8 Å². The molecule has 38 heavy (non-hydrogen) atoms. The van der Waals surface area contributed by atoms with Crippen molar-refractivity contribution in [3.8, 4) is 16.9 Å². The molecule has 2 aliphatic rings. The van der Waals surface area contributed by atoms with Crippen molar-refractivity contribution >= 4 is 0 Å². The summed E-state index contributed by atoms with van der Waals surface area (Å²) in [7, 11) is 0. The molecule has 0 N–H and O–H groups in total. The van der Waals surface area contributed by atoms with Gasteiger partial charge in [-0.05, 0) is 74.6 Å². The van der Waals surface area contributed by atoms with Gasteiger partial charge in [0.15, 0.2) is 0 Å². The quantitative estimate of drug-likeness (QED) is 0.281. The van der Waals surface area contributed by atoms with Crippen LogP contribution in [0.2, 0.25) is 0 Å². The number of alkyl halides is 4. The maximum atomic E-state index is 15.4. The highest BCUT2D eigenvalue weighted by Gasteiger charge is 2.46. The van der Waals surface area contributed by atoms with Crippen molar-refractivity contribution < 1.29 is 36.2 Å². The summed E-state index contributed by atoms with van der Waals surface area (Å²) in [6.07, 6.45) is -2.36. The maximum Gasteiger partial charge on any atom is 0.361 e. The molecule has 0 spiro atoms. The minimum Gasteiger partial charge on any atom is -0.494 e. The molecule has 0 aromatic heterocycles. The van der Waals surface area contributed by atoms with Crippen molar-refractivity contribution in [2.75, 3.05) is 13.2 Å². The Morgan fingerprint density at radius 2 is 1.66 bits per heavy atom. The summed E-state index contributed by atoms with van der Waals surface area (Å²) in [6.45, 7) is 4.10. The lowest BCUT2D eigenvalue weighted by molar-refractivity contribution is -0.311. The summed E-state index contributed by atoms with van der Waals surface area (Å²) in [6, 6.07) is 9.35. The highest BCUT2D eigenvalue weighted by molar-refractivity contribution is 5.69. The Morgan fingerprint density at radius 3 is 2.24 bits per heavy atom. The van der Waals surface area contributed by atoms with Gasteiger partial charge in [-0.2, -0.15) is 8.78 Å². The first kappa shape index (κ1) is 28.8. The van der Waals surface area contributed by atoms with Crippen molar-refractivity contribution in [1.82, 2.24) is 0 Å². The smallest absolute Gasteiger partial charge is 0.361 e. The van der Waals surface area contributed by atoms with Gasteiger partial charge in [0.2, 0.25) is 0 Å². The summed E-state index contributed by atoms with van der Waals surface area (Å²) in [5, 5.41) is 0. The van der Waals surface area contributed by atoms with Crippen molar-refractivity contribution in [3.63, 3.8) is 0 Å². The zero-order valence-corrected chi connectivity index (χ0v) is 22.0. The SMILES string of the molecule is CCCC1CCC(OC(F)(F)C2CCC(c3ccc(-c4ccc(OCC)cc4)c(C(F)F)c3F)OC2)CC1. The Balaban J connectivity index is 1.41. The normalized spacial score (nSPS) is 24.5. The molecule has 8 heteroatoms. The average Bonchev–Trinajstić information content (AvgIpc) is 2.90. The van der Waals surface area contributed by atoms with Gasteiger partial charge in [0.1, 0.15) is 11.6 Å². The third-order valence-electron chi connectivity index (χ3n) is 7.82. The second-order valence-electron chi connectivity index (χ2n) is 10.4. The van der Waals surface area contributed by atoms with Gasteiger partial charge in [-0.15, -0.1) is 0 Å². The molecule has 0 amide bonds. The molecule has 1 heterocycles. The van der Waals surface area contributed by atoms with Crippen LogP contribution < -0.4 is 4.74 Å². The van der Waals surface area contributed by atoms with Crippen molar-refractivity contribution in [1.29, 1.82) is 0 Å². The highest BCUT2D eigenvalue weighted by Crippen LogP contribution is 2.44. The highest BCUT2D eigenvalue weighted by atomic mass is 19.3.